The lowest BCUT2D eigenvalue weighted by Crippen LogP contribution is -1.78. The summed E-state index contributed by atoms with van der Waals surface area (Å²) < 4.78 is 0. The van der Waals surface area contributed by atoms with Crippen molar-refractivity contribution < 1.29 is 0 Å². The minimum absolute atomic E-state index is 0.976. The summed E-state index contributed by atoms with van der Waals surface area (Å²) in [5.41, 5.74) is 0. The molecule has 0 atom stereocenters. The second-order valence-corrected chi connectivity index (χ2v) is 2.84. The fourth-order valence-corrected chi connectivity index (χ4v) is 0.593. The zero-order valence-corrected chi connectivity index (χ0v) is 7.33. The first-order valence-electron chi connectivity index (χ1n) is 4.02. The molecule has 0 rings (SSSR count). The Kier molecular flexibility index (Phi) is 6.38. The van der Waals surface area contributed by atoms with Crippen LogP contribution in [0.25, 0.3) is 0 Å². The molecule has 0 bridgehead atoms. The van der Waals surface area contributed by atoms with Crippen molar-refractivity contribution in [1.29, 1.82) is 0 Å². The molecule has 0 heteroatoms. The van der Waals surface area contributed by atoms with Gasteiger partial charge in [0.1, 0.15) is 0 Å². The van der Waals surface area contributed by atoms with E-state index in [0.29, 0.717) is 0 Å². The largest absolute Gasteiger partial charge is 0.103 e. The van der Waals surface area contributed by atoms with E-state index >= 15 is 0 Å². The molecule has 0 saturated heterocycles. The van der Waals surface area contributed by atoms with Crippen molar-refractivity contribution in [3.05, 3.63) is 5.92 Å². The molecule has 0 N–H and O–H groups in total. The number of hydrogen-bond donors (Lipinski definition) is 0. The highest BCUT2D eigenvalue weighted by atomic mass is 13.9. The van der Waals surface area contributed by atoms with E-state index in [2.05, 4.69) is 32.6 Å². The molecule has 0 unspecified atom stereocenters. The summed E-state index contributed by atoms with van der Waals surface area (Å²) in [7, 11) is 0. The second-order valence-electron chi connectivity index (χ2n) is 2.84. The highest BCUT2D eigenvalue weighted by molar-refractivity contribution is 5.04. The Hall–Kier alpha value is -0.440. The van der Waals surface area contributed by atoms with Gasteiger partial charge in [0.25, 0.3) is 0 Å². The zero-order chi connectivity index (χ0) is 7.82. The molecule has 1 radical (unpaired) electrons. The number of unbranched alkanes of at least 4 members (excludes halogenated alkanes) is 2. The Morgan fingerprint density at radius 3 is 2.40 bits per heavy atom. The van der Waals surface area contributed by atoms with Crippen LogP contribution in [0.15, 0.2) is 0 Å². The van der Waals surface area contributed by atoms with E-state index in [1.54, 1.807) is 0 Å². The Bertz CT molecular complexity index is 112. The van der Waals surface area contributed by atoms with E-state index in [9.17, 15) is 0 Å². The van der Waals surface area contributed by atoms with E-state index in [1.165, 1.54) is 18.8 Å². The van der Waals surface area contributed by atoms with Crippen molar-refractivity contribution in [1.82, 2.24) is 0 Å². The number of rotatable bonds is 3. The molecule has 57 valence electrons. The molecular weight excluding hydrogens is 120 g/mol. The van der Waals surface area contributed by atoms with Crippen LogP contribution in [0.4, 0.5) is 0 Å². The first-order chi connectivity index (χ1) is 4.77. The van der Waals surface area contributed by atoms with Gasteiger partial charge in [-0.3, -0.25) is 0 Å². The molecule has 0 fully saturated rings. The molecule has 0 amide bonds. The van der Waals surface area contributed by atoms with Crippen LogP contribution in [-0.4, -0.2) is 0 Å². The first-order valence-corrected chi connectivity index (χ1v) is 4.02. The summed E-state index contributed by atoms with van der Waals surface area (Å²) in [5.74, 6) is 7.69. The molecule has 0 aromatic rings. The van der Waals surface area contributed by atoms with Crippen molar-refractivity contribution in [3.8, 4) is 11.8 Å². The van der Waals surface area contributed by atoms with Crippen LogP contribution in [-0.2, 0) is 0 Å². The third-order valence-corrected chi connectivity index (χ3v) is 1.22. The summed E-state index contributed by atoms with van der Waals surface area (Å²) in [5, 5.41) is 0. The predicted octanol–water partition coefficient (Wildman–Crippen LogP) is 3.18. The van der Waals surface area contributed by atoms with Crippen molar-refractivity contribution in [2.45, 2.75) is 46.5 Å². The molecule has 0 aliphatic heterocycles. The maximum Gasteiger partial charge on any atom is 0.0145 e. The molecule has 0 heterocycles. The van der Waals surface area contributed by atoms with Crippen molar-refractivity contribution in [2.24, 2.45) is 0 Å². The van der Waals surface area contributed by atoms with Gasteiger partial charge in [-0.1, -0.05) is 27.2 Å². The van der Waals surface area contributed by atoms with E-state index < -0.39 is 0 Å². The Balaban J connectivity index is 3.14. The minimum atomic E-state index is 0.976. The van der Waals surface area contributed by atoms with E-state index in [4.69, 9.17) is 0 Å². The first kappa shape index (κ1) is 9.56. The van der Waals surface area contributed by atoms with Gasteiger partial charge in [-0.2, -0.15) is 0 Å². The third kappa shape index (κ3) is 7.56. The van der Waals surface area contributed by atoms with Gasteiger partial charge in [-0.25, -0.2) is 0 Å². The van der Waals surface area contributed by atoms with Crippen LogP contribution in [0.5, 0.6) is 0 Å². The van der Waals surface area contributed by atoms with Gasteiger partial charge < -0.3 is 0 Å². The lowest BCUT2D eigenvalue weighted by atomic mass is 10.1. The molecule has 0 saturated carbocycles. The standard InChI is InChI=1S/C10H17/c1-4-5-6-7-8-9-10(2)3/h4-6,9H2,1-3H3. The molecule has 0 nitrogen and oxygen atoms in total. The Morgan fingerprint density at radius 1 is 1.20 bits per heavy atom. The van der Waals surface area contributed by atoms with Gasteiger partial charge >= 0.3 is 0 Å². The summed E-state index contributed by atoms with van der Waals surface area (Å²) >= 11 is 0. The topological polar surface area (TPSA) is 0 Å². The zero-order valence-electron chi connectivity index (χ0n) is 7.33. The maximum atomic E-state index is 3.15. The fourth-order valence-electron chi connectivity index (χ4n) is 0.593. The van der Waals surface area contributed by atoms with Crippen LogP contribution in [0.3, 0.4) is 0 Å². The Labute approximate surface area is 65.0 Å². The summed E-state index contributed by atoms with van der Waals surface area (Å²) in [6.07, 6.45) is 4.55. The van der Waals surface area contributed by atoms with Crippen molar-refractivity contribution in [3.63, 3.8) is 0 Å². The SMILES string of the molecule is CCCCC#CC[C](C)C. The van der Waals surface area contributed by atoms with Gasteiger partial charge in [0.15, 0.2) is 0 Å². The van der Waals surface area contributed by atoms with Gasteiger partial charge in [0.05, 0.1) is 0 Å². The van der Waals surface area contributed by atoms with Crippen molar-refractivity contribution >= 4 is 0 Å². The third-order valence-electron chi connectivity index (χ3n) is 1.22. The second kappa shape index (κ2) is 6.68. The van der Waals surface area contributed by atoms with Gasteiger partial charge in [0, 0.05) is 12.8 Å². The summed E-state index contributed by atoms with van der Waals surface area (Å²) in [6.45, 7) is 6.43. The minimum Gasteiger partial charge on any atom is -0.103 e. The normalized spacial score (nSPS) is 9.20. The van der Waals surface area contributed by atoms with E-state index in [-0.39, 0.29) is 0 Å². The summed E-state index contributed by atoms with van der Waals surface area (Å²) in [4.78, 5) is 0. The van der Waals surface area contributed by atoms with Crippen LogP contribution >= 0.6 is 0 Å². The molecule has 0 aromatic heterocycles. The molecule has 0 spiro atoms. The quantitative estimate of drug-likeness (QED) is 0.414. The van der Waals surface area contributed by atoms with Gasteiger partial charge in [-0.15, -0.1) is 11.8 Å². The van der Waals surface area contributed by atoms with E-state index in [0.717, 1.165) is 12.8 Å². The molecule has 0 aromatic carbocycles. The summed E-state index contributed by atoms with van der Waals surface area (Å²) in [6, 6.07) is 0. The predicted molar refractivity (Wildman–Crippen MR) is 46.5 cm³/mol. The van der Waals surface area contributed by atoms with Crippen LogP contribution in [0.1, 0.15) is 46.5 Å². The lowest BCUT2D eigenvalue weighted by Gasteiger charge is -1.91. The molecule has 0 aliphatic carbocycles. The van der Waals surface area contributed by atoms with Gasteiger partial charge in [0.2, 0.25) is 0 Å². The lowest BCUT2D eigenvalue weighted by molar-refractivity contribution is 0.827. The smallest absolute Gasteiger partial charge is 0.0145 e. The maximum absolute atomic E-state index is 3.15. The highest BCUT2D eigenvalue weighted by Gasteiger charge is 1.86. The highest BCUT2D eigenvalue weighted by Crippen LogP contribution is 1.99. The fraction of sp³-hybridized carbons (Fsp3) is 0.700. The molecular formula is C10H17. The van der Waals surface area contributed by atoms with Crippen LogP contribution in [0, 0.1) is 17.8 Å². The van der Waals surface area contributed by atoms with Crippen LogP contribution in [0.2, 0.25) is 0 Å². The van der Waals surface area contributed by atoms with Crippen LogP contribution < -0.4 is 0 Å². The van der Waals surface area contributed by atoms with Gasteiger partial charge in [-0.05, 0) is 12.3 Å². The molecule has 0 aliphatic rings. The monoisotopic (exact) mass is 137 g/mol. The molecule has 10 heavy (non-hydrogen) atoms. The average molecular weight is 137 g/mol. The van der Waals surface area contributed by atoms with Crippen molar-refractivity contribution in [2.75, 3.05) is 0 Å². The van der Waals surface area contributed by atoms with E-state index in [1.807, 2.05) is 0 Å². The average Bonchev–Trinajstić information content (AvgIpc) is 1.87. The Morgan fingerprint density at radius 2 is 1.90 bits per heavy atom. The number of hydrogen-bond acceptors (Lipinski definition) is 0.